The molecule has 0 N–H and O–H groups in total. The number of hydrogen-bond acceptors (Lipinski definition) is 4. The Kier molecular flexibility index (Phi) is 6.84. The largest absolute Gasteiger partial charge is 0.315 e. The number of fused-ring (bicyclic) bond motifs is 1. The summed E-state index contributed by atoms with van der Waals surface area (Å²) in [4.78, 5) is 32.3. The summed E-state index contributed by atoms with van der Waals surface area (Å²) in [5, 5.41) is 2.20. The van der Waals surface area contributed by atoms with E-state index in [1.807, 2.05) is 30.3 Å². The molecule has 3 aromatic carbocycles. The van der Waals surface area contributed by atoms with E-state index in [0.717, 1.165) is 5.56 Å². The second kappa shape index (κ2) is 9.77. The van der Waals surface area contributed by atoms with Crippen molar-refractivity contribution in [3.63, 3.8) is 0 Å². The highest BCUT2D eigenvalue weighted by Crippen LogP contribution is 2.23. The minimum absolute atomic E-state index is 0.119. The zero-order chi connectivity index (χ0) is 22.7. The standard InChI is InChI=1S/C24H19Cl2N3O2S/c1-28(19-6-4-5-18(26)13-19)22(30)15-32-24-27-21-8-3-2-7-20(21)23(31)29(24)14-16-9-11-17(25)12-10-16/h2-13H,14-15H2,1H3. The van der Waals surface area contributed by atoms with E-state index in [0.29, 0.717) is 38.3 Å². The van der Waals surface area contributed by atoms with Crippen LogP contribution >= 0.6 is 35.0 Å². The molecule has 0 radical (unpaired) electrons. The van der Waals surface area contributed by atoms with Gasteiger partial charge in [0.25, 0.3) is 5.56 Å². The number of anilines is 1. The Morgan fingerprint density at radius 3 is 2.50 bits per heavy atom. The molecule has 0 aliphatic heterocycles. The molecule has 0 aliphatic carbocycles. The first-order chi connectivity index (χ1) is 15.4. The summed E-state index contributed by atoms with van der Waals surface area (Å²) in [7, 11) is 1.70. The Morgan fingerprint density at radius 2 is 1.75 bits per heavy atom. The summed E-state index contributed by atoms with van der Waals surface area (Å²) >= 11 is 13.3. The number of halogens is 2. The van der Waals surface area contributed by atoms with Crippen LogP contribution in [0.5, 0.6) is 0 Å². The lowest BCUT2D eigenvalue weighted by Gasteiger charge is -2.18. The molecule has 1 heterocycles. The molecule has 4 rings (SSSR count). The molecule has 0 spiro atoms. The lowest BCUT2D eigenvalue weighted by molar-refractivity contribution is -0.115. The van der Waals surface area contributed by atoms with Crippen molar-refractivity contribution in [2.75, 3.05) is 17.7 Å². The number of thioether (sulfide) groups is 1. The van der Waals surface area contributed by atoms with E-state index in [1.54, 1.807) is 59.0 Å². The number of benzene rings is 3. The van der Waals surface area contributed by atoms with Gasteiger partial charge in [0, 0.05) is 22.8 Å². The Morgan fingerprint density at radius 1 is 1.00 bits per heavy atom. The fourth-order valence-corrected chi connectivity index (χ4v) is 4.44. The van der Waals surface area contributed by atoms with E-state index in [2.05, 4.69) is 4.98 Å². The summed E-state index contributed by atoms with van der Waals surface area (Å²) in [6.45, 7) is 0.328. The van der Waals surface area contributed by atoms with Crippen molar-refractivity contribution in [2.24, 2.45) is 0 Å². The van der Waals surface area contributed by atoms with Crippen molar-refractivity contribution >= 4 is 57.5 Å². The summed E-state index contributed by atoms with van der Waals surface area (Å²) in [6, 6.07) is 21.6. The van der Waals surface area contributed by atoms with Gasteiger partial charge in [0.05, 0.1) is 23.2 Å². The Hall–Kier alpha value is -2.80. The van der Waals surface area contributed by atoms with Gasteiger partial charge in [-0.2, -0.15) is 0 Å². The van der Waals surface area contributed by atoms with Crippen LogP contribution in [0.25, 0.3) is 10.9 Å². The summed E-state index contributed by atoms with van der Waals surface area (Å²) in [6.07, 6.45) is 0. The predicted molar refractivity (Wildman–Crippen MR) is 132 cm³/mol. The van der Waals surface area contributed by atoms with Gasteiger partial charge in [-0.3, -0.25) is 14.2 Å². The van der Waals surface area contributed by atoms with Crippen molar-refractivity contribution in [1.82, 2.24) is 9.55 Å². The fourth-order valence-electron chi connectivity index (χ4n) is 3.22. The molecule has 0 saturated carbocycles. The summed E-state index contributed by atoms with van der Waals surface area (Å²) in [5.74, 6) is -0.00766. The molecule has 1 amide bonds. The summed E-state index contributed by atoms with van der Waals surface area (Å²) in [5.41, 5.74) is 2.07. The number of carbonyl (C=O) groups excluding carboxylic acids is 1. The topological polar surface area (TPSA) is 55.2 Å². The zero-order valence-corrected chi connectivity index (χ0v) is 19.5. The molecule has 32 heavy (non-hydrogen) atoms. The molecule has 0 saturated heterocycles. The molecule has 162 valence electrons. The number of aromatic nitrogens is 2. The molecule has 0 fully saturated rings. The van der Waals surface area contributed by atoms with Gasteiger partial charge in [0.15, 0.2) is 5.16 Å². The van der Waals surface area contributed by atoms with Gasteiger partial charge in [-0.25, -0.2) is 4.98 Å². The normalized spacial score (nSPS) is 11.0. The Labute approximate surface area is 199 Å². The molecule has 8 heteroatoms. The number of para-hydroxylation sites is 1. The molecule has 0 atom stereocenters. The molecule has 0 bridgehead atoms. The van der Waals surface area contributed by atoms with Crippen LogP contribution < -0.4 is 10.5 Å². The molecule has 4 aromatic rings. The third-order valence-corrected chi connectivity index (χ3v) is 6.42. The number of rotatable bonds is 6. The van der Waals surface area contributed by atoms with E-state index in [4.69, 9.17) is 23.2 Å². The second-order valence-electron chi connectivity index (χ2n) is 7.15. The highest BCUT2D eigenvalue weighted by atomic mass is 35.5. The third kappa shape index (κ3) is 4.99. The van der Waals surface area contributed by atoms with Crippen LogP contribution in [-0.4, -0.2) is 28.3 Å². The molecule has 5 nitrogen and oxygen atoms in total. The average Bonchev–Trinajstić information content (AvgIpc) is 2.80. The minimum atomic E-state index is -0.149. The van der Waals surface area contributed by atoms with Gasteiger partial charge in [0.2, 0.25) is 5.91 Å². The van der Waals surface area contributed by atoms with Crippen LogP contribution in [0.3, 0.4) is 0 Å². The van der Waals surface area contributed by atoms with Gasteiger partial charge < -0.3 is 4.90 Å². The molecule has 0 unspecified atom stereocenters. The SMILES string of the molecule is CN(C(=O)CSc1nc2ccccc2c(=O)n1Cc1ccc(Cl)cc1)c1cccc(Cl)c1. The third-order valence-electron chi connectivity index (χ3n) is 4.97. The maximum atomic E-state index is 13.2. The van der Waals surface area contributed by atoms with Crippen molar-refractivity contribution in [3.05, 3.63) is 98.8 Å². The van der Waals surface area contributed by atoms with Crippen molar-refractivity contribution in [1.29, 1.82) is 0 Å². The highest BCUT2D eigenvalue weighted by Gasteiger charge is 2.16. The van der Waals surface area contributed by atoms with Crippen molar-refractivity contribution in [2.45, 2.75) is 11.7 Å². The number of nitrogens with zero attached hydrogens (tertiary/aromatic N) is 3. The zero-order valence-electron chi connectivity index (χ0n) is 17.2. The van der Waals surface area contributed by atoms with Gasteiger partial charge in [-0.1, -0.05) is 65.3 Å². The Bertz CT molecular complexity index is 1340. The average molecular weight is 484 g/mol. The lowest BCUT2D eigenvalue weighted by atomic mass is 10.2. The van der Waals surface area contributed by atoms with Crippen LogP contribution in [0.1, 0.15) is 5.56 Å². The van der Waals surface area contributed by atoms with Gasteiger partial charge in [0.1, 0.15) is 0 Å². The van der Waals surface area contributed by atoms with Crippen LogP contribution in [0.4, 0.5) is 5.69 Å². The number of amides is 1. The maximum absolute atomic E-state index is 13.2. The Balaban J connectivity index is 1.64. The molecule has 1 aromatic heterocycles. The fraction of sp³-hybridized carbons (Fsp3) is 0.125. The quantitative estimate of drug-likeness (QED) is 0.268. The van der Waals surface area contributed by atoms with Crippen LogP contribution in [0.15, 0.2) is 82.7 Å². The molecular weight excluding hydrogens is 465 g/mol. The van der Waals surface area contributed by atoms with E-state index in [9.17, 15) is 9.59 Å². The van der Waals surface area contributed by atoms with Crippen LogP contribution in [0.2, 0.25) is 10.0 Å². The molecule has 0 aliphatic rings. The smallest absolute Gasteiger partial charge is 0.262 e. The van der Waals surface area contributed by atoms with Crippen molar-refractivity contribution in [3.8, 4) is 0 Å². The highest BCUT2D eigenvalue weighted by molar-refractivity contribution is 7.99. The first-order valence-corrected chi connectivity index (χ1v) is 11.6. The first-order valence-electron chi connectivity index (χ1n) is 9.81. The van der Waals surface area contributed by atoms with Crippen LogP contribution in [0, 0.1) is 0 Å². The van der Waals surface area contributed by atoms with Gasteiger partial charge >= 0.3 is 0 Å². The monoisotopic (exact) mass is 483 g/mol. The maximum Gasteiger partial charge on any atom is 0.262 e. The van der Waals surface area contributed by atoms with Crippen LogP contribution in [-0.2, 0) is 11.3 Å². The predicted octanol–water partition coefficient (Wildman–Crippen LogP) is 5.51. The first kappa shape index (κ1) is 22.4. The van der Waals surface area contributed by atoms with E-state index in [-0.39, 0.29) is 17.2 Å². The molecular formula is C24H19Cl2N3O2S. The van der Waals surface area contributed by atoms with E-state index < -0.39 is 0 Å². The number of hydrogen-bond donors (Lipinski definition) is 0. The van der Waals surface area contributed by atoms with E-state index in [1.165, 1.54) is 11.8 Å². The van der Waals surface area contributed by atoms with Gasteiger partial charge in [-0.05, 0) is 48.0 Å². The second-order valence-corrected chi connectivity index (χ2v) is 8.97. The van der Waals surface area contributed by atoms with Crippen molar-refractivity contribution < 1.29 is 4.79 Å². The minimum Gasteiger partial charge on any atom is -0.315 e. The van der Waals surface area contributed by atoms with E-state index >= 15 is 0 Å². The lowest BCUT2D eigenvalue weighted by Crippen LogP contribution is -2.29. The van der Waals surface area contributed by atoms with Gasteiger partial charge in [-0.15, -0.1) is 0 Å². The number of carbonyl (C=O) groups is 1. The summed E-state index contributed by atoms with van der Waals surface area (Å²) < 4.78 is 1.60.